The van der Waals surface area contributed by atoms with E-state index in [0.717, 1.165) is 49.7 Å². The Labute approximate surface area is 553 Å². The molecule has 1 aromatic carbocycles. The molecule has 0 bridgehead atoms. The highest BCUT2D eigenvalue weighted by Gasteiger charge is 2.06. The van der Waals surface area contributed by atoms with E-state index in [-0.39, 0.29) is 0 Å². The molecule has 4 aliphatic rings. The van der Waals surface area contributed by atoms with Crippen molar-refractivity contribution >= 4 is 22.7 Å². The van der Waals surface area contributed by atoms with Crippen LogP contribution in [0.15, 0.2) is 156 Å². The average Bonchev–Trinajstić information content (AvgIpc) is 4.42. The Kier molecular flexibility index (Phi) is 120. The predicted octanol–water partition coefficient (Wildman–Crippen LogP) is 25.4. The van der Waals surface area contributed by atoms with E-state index in [9.17, 15) is 0 Å². The first-order valence-electron chi connectivity index (χ1n) is 34.2. The minimum Gasteiger partial charge on any atom is -0.379 e. The van der Waals surface area contributed by atoms with Gasteiger partial charge in [-0.3, -0.25) is 9.97 Å². The fraction of sp³-hybridized carbons (Fsp3) is 0.590. The van der Waals surface area contributed by atoms with E-state index < -0.39 is 0 Å². The quantitative estimate of drug-likeness (QED) is 0.162. The number of aromatic nitrogens is 4. The Morgan fingerprint density at radius 1 is 0.483 bits per heavy atom. The summed E-state index contributed by atoms with van der Waals surface area (Å²) in [7, 11) is 2.11. The number of allylic oxidation sites excluding steroid dienone is 4. The predicted molar refractivity (Wildman–Crippen MR) is 407 cm³/mol. The van der Waals surface area contributed by atoms with Gasteiger partial charge in [-0.15, -0.1) is 11.3 Å². The zero-order valence-electron chi connectivity index (χ0n) is 62.9. The number of nitrogens with zero attached hydrogens (tertiary/aromatic N) is 5. The van der Waals surface area contributed by atoms with Crippen LogP contribution < -0.4 is 5.32 Å². The van der Waals surface area contributed by atoms with Crippen molar-refractivity contribution in [3.63, 3.8) is 0 Å². The largest absolute Gasteiger partial charge is 0.379 e. The molecule has 5 aromatic heterocycles. The summed E-state index contributed by atoms with van der Waals surface area (Å²) in [6, 6.07) is 28.1. The number of piperidine rings is 1. The molecule has 6 aromatic rings. The van der Waals surface area contributed by atoms with Crippen molar-refractivity contribution in [1.82, 2.24) is 30.2 Å². The summed E-state index contributed by atoms with van der Waals surface area (Å²) < 4.78 is 5.10. The lowest BCUT2D eigenvalue weighted by molar-refractivity contribution is 0.0503. The van der Waals surface area contributed by atoms with Crippen molar-refractivity contribution in [2.24, 2.45) is 11.8 Å². The highest BCUT2D eigenvalue weighted by atomic mass is 32.1. The highest BCUT2D eigenvalue weighted by Crippen LogP contribution is 2.22. The molecule has 0 amide bonds. The fourth-order valence-corrected chi connectivity index (χ4v) is 7.17. The van der Waals surface area contributed by atoms with Gasteiger partial charge >= 0.3 is 0 Å². The molecule has 0 radical (unpaired) electrons. The van der Waals surface area contributed by atoms with Crippen molar-refractivity contribution < 1.29 is 4.74 Å². The van der Waals surface area contributed by atoms with Gasteiger partial charge in [0.15, 0.2) is 0 Å². The van der Waals surface area contributed by atoms with Crippen molar-refractivity contribution in [2.45, 2.75) is 252 Å². The van der Waals surface area contributed by atoms with Crippen LogP contribution in [-0.4, -0.2) is 71.3 Å². The van der Waals surface area contributed by atoms with Gasteiger partial charge in [0.1, 0.15) is 5.82 Å². The first-order valence-corrected chi connectivity index (χ1v) is 36.0. The maximum absolute atomic E-state index is 5.10. The molecule has 3 fully saturated rings. The number of hydrogen-bond acceptors (Lipinski definition) is 9. The van der Waals surface area contributed by atoms with Crippen LogP contribution in [0.1, 0.15) is 244 Å². The van der Waals surface area contributed by atoms with E-state index in [2.05, 4.69) is 143 Å². The van der Waals surface area contributed by atoms with E-state index >= 15 is 0 Å². The SMILES string of the molecule is CC.CC.CC.CC.CC.CC.CC.CC.CC.CC.CC1=CC=CC1.CC1CCCCC1.CC1CCNCC1.CN1CCOCC1.Cc1ccccc1.Cc1ccccn1.Cc1cccnc1.Cc1cccs1.Cc1ccsc1.Cc1ncccn1. The second kappa shape index (κ2) is 100. The molecule has 2 aliphatic carbocycles. The fourth-order valence-electron chi connectivity index (χ4n) is 5.98. The molecule has 7 nitrogen and oxygen atoms in total. The summed E-state index contributed by atoms with van der Waals surface area (Å²) in [5, 5.41) is 9.60. The minimum atomic E-state index is 0.822. The van der Waals surface area contributed by atoms with Crippen LogP contribution in [0.5, 0.6) is 0 Å². The summed E-state index contributed by atoms with van der Waals surface area (Å²) >= 11 is 3.52. The lowest BCUT2D eigenvalue weighted by atomic mass is 9.91. The van der Waals surface area contributed by atoms with Gasteiger partial charge in [-0.1, -0.05) is 262 Å². The molecule has 10 rings (SSSR count). The van der Waals surface area contributed by atoms with Crippen LogP contribution in [0.4, 0.5) is 0 Å². The van der Waals surface area contributed by atoms with Gasteiger partial charge in [-0.05, 0) is 163 Å². The second-order valence-corrected chi connectivity index (χ2v) is 19.1. The Morgan fingerprint density at radius 3 is 1.17 bits per heavy atom. The highest BCUT2D eigenvalue weighted by molar-refractivity contribution is 7.09. The van der Waals surface area contributed by atoms with Crippen LogP contribution >= 0.6 is 22.7 Å². The van der Waals surface area contributed by atoms with Crippen molar-refractivity contribution in [3.8, 4) is 0 Å². The van der Waals surface area contributed by atoms with E-state index in [4.69, 9.17) is 4.74 Å². The average molecular weight is 1250 g/mol. The molecule has 9 heteroatoms. The summed E-state index contributed by atoms with van der Waals surface area (Å²) in [6.45, 7) is 65.4. The topological polar surface area (TPSA) is 76.1 Å². The number of hydrogen-bond donors (Lipinski definition) is 1. The molecular formula is C78H146N6OS2. The monoisotopic (exact) mass is 1250 g/mol. The van der Waals surface area contributed by atoms with Crippen molar-refractivity contribution in [2.75, 3.05) is 46.4 Å². The third-order valence-electron chi connectivity index (χ3n) is 10.3. The molecule has 2 aliphatic heterocycles. The lowest BCUT2D eigenvalue weighted by Gasteiger charge is -2.21. The van der Waals surface area contributed by atoms with Crippen molar-refractivity contribution in [1.29, 1.82) is 0 Å². The Hall–Kier alpha value is -4.64. The summed E-state index contributed by atoms with van der Waals surface area (Å²) in [5.41, 5.74) is 6.43. The van der Waals surface area contributed by atoms with E-state index in [1.54, 1.807) is 53.5 Å². The van der Waals surface area contributed by atoms with Crippen LogP contribution in [-0.2, 0) is 4.74 Å². The lowest BCUT2D eigenvalue weighted by Crippen LogP contribution is -2.32. The number of ether oxygens (including phenoxy) is 1. The molecule has 87 heavy (non-hydrogen) atoms. The summed E-state index contributed by atoms with van der Waals surface area (Å²) in [4.78, 5) is 19.3. The molecule has 0 atom stereocenters. The van der Waals surface area contributed by atoms with E-state index in [0.29, 0.717) is 0 Å². The molecule has 2 saturated heterocycles. The first kappa shape index (κ1) is 104. The molecule has 0 unspecified atom stereocenters. The smallest absolute Gasteiger partial charge is 0.125 e. The third kappa shape index (κ3) is 97.9. The van der Waals surface area contributed by atoms with Gasteiger partial charge in [-0.2, -0.15) is 11.3 Å². The van der Waals surface area contributed by atoms with Gasteiger partial charge in [0.2, 0.25) is 0 Å². The maximum atomic E-state index is 5.10. The number of likely N-dealkylation sites (N-methyl/N-ethyl adjacent to an activating group) is 1. The molecule has 1 saturated carbocycles. The second-order valence-electron chi connectivity index (χ2n) is 17.2. The molecule has 1 N–H and O–H groups in total. The van der Waals surface area contributed by atoms with Crippen LogP contribution in [0.25, 0.3) is 0 Å². The number of benzene rings is 1. The van der Waals surface area contributed by atoms with Crippen LogP contribution in [0.3, 0.4) is 0 Å². The first-order chi connectivity index (χ1) is 42.4. The Balaban J connectivity index is -0.0000000917. The number of aryl methyl sites for hydroxylation is 6. The molecule has 7 heterocycles. The van der Waals surface area contributed by atoms with Gasteiger partial charge < -0.3 is 15.0 Å². The molecular weight excluding hydrogens is 1100 g/mol. The van der Waals surface area contributed by atoms with E-state index in [1.165, 1.54) is 91.6 Å². The third-order valence-corrected chi connectivity index (χ3v) is 11.9. The zero-order chi connectivity index (χ0) is 69.0. The van der Waals surface area contributed by atoms with Gasteiger partial charge in [-0.25, -0.2) is 9.97 Å². The number of thiophene rings is 2. The number of rotatable bonds is 0. The number of morpholine rings is 1. The minimum absolute atomic E-state index is 0.822. The normalized spacial score (nSPS) is 12.1. The molecule has 0 spiro atoms. The van der Waals surface area contributed by atoms with Gasteiger partial charge in [0.05, 0.1) is 13.2 Å². The Morgan fingerprint density at radius 2 is 0.977 bits per heavy atom. The Bertz CT molecular complexity index is 1720. The number of pyridine rings is 2. The molecule has 506 valence electrons. The van der Waals surface area contributed by atoms with Crippen molar-refractivity contribution in [3.05, 3.63) is 189 Å². The summed E-state index contributed by atoms with van der Waals surface area (Å²) in [5.74, 6) is 2.83. The van der Waals surface area contributed by atoms with Gasteiger partial charge in [0, 0.05) is 54.6 Å². The van der Waals surface area contributed by atoms with Gasteiger partial charge in [0.25, 0.3) is 0 Å². The zero-order valence-corrected chi connectivity index (χ0v) is 64.6. The number of nitrogens with one attached hydrogen (secondary N) is 1. The summed E-state index contributed by atoms with van der Waals surface area (Å²) in [6.07, 6.45) is 26.6. The van der Waals surface area contributed by atoms with E-state index in [1.807, 2.05) is 214 Å². The maximum Gasteiger partial charge on any atom is 0.125 e. The van der Waals surface area contributed by atoms with Crippen LogP contribution in [0, 0.1) is 53.4 Å². The van der Waals surface area contributed by atoms with Crippen LogP contribution in [0.2, 0.25) is 0 Å². The standard InChI is InChI=1S/C7H14.C7H8.C6H13N.2C6H7N.C6H8.C5H6N2.C5H11NO.2C5H6S.10C2H6/c2*1-7-5-3-2-4-6-7;1-6-2-4-7-5-3-6;1-6-3-2-4-7-5-6;1-6-4-2-3-5-7-6;1-6-4-2-3-5-6;1-5-6-3-2-4-7-5;1-6-2-4-7-5-3-6;1-5-2-3-6-4-5;1-5-3-2-4-6-5;10*1-2/h7H,2-6H2,1H3;2-6H,1H3;6-7H,2-5H2,1H3;2*2-5H,1H3;2-4H,5H2,1H3;2-4H,1H3;2-5H2,1H3;2*2-4H,1H3;10*1-2H3.